The lowest BCUT2D eigenvalue weighted by Gasteiger charge is -2.09. The van der Waals surface area contributed by atoms with E-state index in [1.165, 1.54) is 10.6 Å². The molecule has 1 aromatic heterocycles. The fourth-order valence-corrected chi connectivity index (χ4v) is 2.61. The molecule has 0 radical (unpaired) electrons. The summed E-state index contributed by atoms with van der Waals surface area (Å²) in [5, 5.41) is 14.3. The van der Waals surface area contributed by atoms with Crippen molar-refractivity contribution in [1.29, 1.82) is 0 Å². The number of nitro groups is 1. The highest BCUT2D eigenvalue weighted by molar-refractivity contribution is 9.10. The van der Waals surface area contributed by atoms with Crippen molar-refractivity contribution < 1.29 is 4.92 Å². The number of pyridine rings is 1. The average molecular weight is 353 g/mol. The number of aromatic nitrogens is 1. The minimum absolute atomic E-state index is 0.0880. The van der Waals surface area contributed by atoms with Crippen molar-refractivity contribution in [2.24, 2.45) is 0 Å². The maximum Gasteiger partial charge on any atom is 0.310 e. The van der Waals surface area contributed by atoms with Gasteiger partial charge in [0.05, 0.1) is 15.4 Å². The second-order valence-electron chi connectivity index (χ2n) is 3.35. The van der Waals surface area contributed by atoms with E-state index in [4.69, 9.17) is 0 Å². The number of nitrogens with one attached hydrogen (secondary N) is 1. The Kier molecular flexibility index (Phi) is 3.02. The summed E-state index contributed by atoms with van der Waals surface area (Å²) in [6, 6.07) is 1.14. The van der Waals surface area contributed by atoms with Gasteiger partial charge in [0.15, 0.2) is 5.82 Å². The zero-order valence-electron chi connectivity index (χ0n) is 7.94. The van der Waals surface area contributed by atoms with E-state index in [1.54, 1.807) is 0 Å². The molecule has 1 aliphatic heterocycles. The van der Waals surface area contributed by atoms with Gasteiger partial charge in [-0.3, -0.25) is 19.5 Å². The second kappa shape index (κ2) is 4.17. The van der Waals surface area contributed by atoms with Gasteiger partial charge in [-0.15, -0.1) is 0 Å². The number of rotatable bonds is 2. The Bertz CT molecular complexity index is 514. The molecule has 1 unspecified atom stereocenters. The smallest absolute Gasteiger partial charge is 0.310 e. The minimum atomic E-state index is -0.500. The van der Waals surface area contributed by atoms with Crippen molar-refractivity contribution in [3.63, 3.8) is 0 Å². The summed E-state index contributed by atoms with van der Waals surface area (Å²) < 4.78 is 1.62. The summed E-state index contributed by atoms with van der Waals surface area (Å²) in [5.74, 6) is 0.280. The largest absolute Gasteiger partial charge is 0.364 e. The predicted molar refractivity (Wildman–Crippen MR) is 66.4 cm³/mol. The van der Waals surface area contributed by atoms with E-state index in [9.17, 15) is 14.9 Å². The first-order chi connectivity index (χ1) is 7.56. The van der Waals surface area contributed by atoms with Crippen molar-refractivity contribution in [3.8, 4) is 0 Å². The van der Waals surface area contributed by atoms with Crippen LogP contribution in [-0.2, 0) is 0 Å². The molecule has 1 atom stereocenters. The van der Waals surface area contributed by atoms with E-state index in [0.29, 0.717) is 11.9 Å². The van der Waals surface area contributed by atoms with Crippen molar-refractivity contribution in [2.45, 2.75) is 6.04 Å². The van der Waals surface area contributed by atoms with Crippen LogP contribution < -0.4 is 10.9 Å². The van der Waals surface area contributed by atoms with Gasteiger partial charge in [-0.05, 0) is 15.9 Å². The SMILES string of the molecule is O=c1c(Br)cc([N+](=O)[O-])c2n1C(CBr)CN2. The van der Waals surface area contributed by atoms with Crippen molar-refractivity contribution >= 4 is 43.4 Å². The normalized spacial score (nSPS) is 18.0. The number of halogens is 2. The van der Waals surface area contributed by atoms with Crippen molar-refractivity contribution in [2.75, 3.05) is 17.2 Å². The summed E-state index contributed by atoms with van der Waals surface area (Å²) in [6.07, 6.45) is 0. The number of nitrogens with zero attached hydrogens (tertiary/aromatic N) is 2. The molecule has 8 heteroatoms. The molecule has 16 heavy (non-hydrogen) atoms. The van der Waals surface area contributed by atoms with Gasteiger partial charge >= 0.3 is 5.69 Å². The van der Waals surface area contributed by atoms with Crippen LogP contribution in [0, 0.1) is 10.1 Å². The molecule has 0 saturated heterocycles. The van der Waals surface area contributed by atoms with E-state index < -0.39 is 4.92 Å². The maximum absolute atomic E-state index is 11.8. The van der Waals surface area contributed by atoms with Crippen LogP contribution in [0.5, 0.6) is 0 Å². The lowest BCUT2D eigenvalue weighted by atomic mass is 10.3. The quantitative estimate of drug-likeness (QED) is 0.501. The zero-order chi connectivity index (χ0) is 11.9. The second-order valence-corrected chi connectivity index (χ2v) is 4.85. The van der Waals surface area contributed by atoms with Crippen LogP contribution in [0.2, 0.25) is 0 Å². The van der Waals surface area contributed by atoms with E-state index in [0.717, 1.165) is 0 Å². The lowest BCUT2D eigenvalue weighted by molar-refractivity contribution is -0.384. The molecule has 86 valence electrons. The van der Waals surface area contributed by atoms with Gasteiger partial charge < -0.3 is 5.32 Å². The van der Waals surface area contributed by atoms with E-state index >= 15 is 0 Å². The first kappa shape index (κ1) is 11.6. The molecular weight excluding hydrogens is 346 g/mol. The molecule has 0 amide bonds. The third-order valence-corrected chi connectivity index (χ3v) is 3.73. The topological polar surface area (TPSA) is 77.2 Å². The molecule has 0 aromatic carbocycles. The summed E-state index contributed by atoms with van der Waals surface area (Å²) in [7, 11) is 0. The number of alkyl halides is 1. The predicted octanol–water partition coefficient (Wildman–Crippen LogP) is 1.88. The van der Waals surface area contributed by atoms with Crippen LogP contribution in [0.15, 0.2) is 15.3 Å². The Hall–Kier alpha value is -0.890. The molecule has 6 nitrogen and oxygen atoms in total. The van der Waals surface area contributed by atoms with Gasteiger partial charge in [0.1, 0.15) is 0 Å². The molecule has 0 bridgehead atoms. The molecule has 2 rings (SSSR count). The Balaban J connectivity index is 2.72. The fourth-order valence-electron chi connectivity index (χ4n) is 1.68. The number of hydrogen-bond donors (Lipinski definition) is 1. The lowest BCUT2D eigenvalue weighted by Crippen LogP contribution is -2.24. The van der Waals surface area contributed by atoms with Gasteiger partial charge in [-0.25, -0.2) is 0 Å². The maximum atomic E-state index is 11.8. The third kappa shape index (κ3) is 1.65. The molecule has 0 saturated carbocycles. The van der Waals surface area contributed by atoms with E-state index in [1.807, 2.05) is 0 Å². The van der Waals surface area contributed by atoms with Gasteiger partial charge in [-0.1, -0.05) is 15.9 Å². The molecule has 0 fully saturated rings. The highest BCUT2D eigenvalue weighted by Gasteiger charge is 2.30. The highest BCUT2D eigenvalue weighted by atomic mass is 79.9. The van der Waals surface area contributed by atoms with Crippen LogP contribution in [-0.4, -0.2) is 21.4 Å². The fraction of sp³-hybridized carbons (Fsp3) is 0.375. The Morgan fingerprint density at radius 1 is 1.69 bits per heavy atom. The van der Waals surface area contributed by atoms with Gasteiger partial charge in [-0.2, -0.15) is 0 Å². The third-order valence-electron chi connectivity index (χ3n) is 2.42. The van der Waals surface area contributed by atoms with Crippen LogP contribution in [0.3, 0.4) is 0 Å². The Labute approximate surface area is 107 Å². The number of fused-ring (bicyclic) bond motifs is 1. The van der Waals surface area contributed by atoms with Crippen LogP contribution in [0.4, 0.5) is 11.5 Å². The van der Waals surface area contributed by atoms with Gasteiger partial charge in [0.2, 0.25) is 0 Å². The van der Waals surface area contributed by atoms with Gasteiger partial charge in [0.25, 0.3) is 5.56 Å². The number of anilines is 1. The average Bonchev–Trinajstić information content (AvgIpc) is 2.66. The molecule has 0 aliphatic carbocycles. The monoisotopic (exact) mass is 351 g/mol. The first-order valence-electron chi connectivity index (χ1n) is 4.45. The Morgan fingerprint density at radius 3 is 2.94 bits per heavy atom. The molecular formula is C8H7Br2N3O3. The molecule has 1 aliphatic rings. The van der Waals surface area contributed by atoms with E-state index in [2.05, 4.69) is 37.2 Å². The summed E-state index contributed by atoms with van der Waals surface area (Å²) in [5.41, 5.74) is -0.343. The van der Waals surface area contributed by atoms with Crippen molar-refractivity contribution in [3.05, 3.63) is 31.0 Å². The molecule has 1 aromatic rings. The Morgan fingerprint density at radius 2 is 2.38 bits per heavy atom. The van der Waals surface area contributed by atoms with Gasteiger partial charge in [0, 0.05) is 17.9 Å². The van der Waals surface area contributed by atoms with Crippen molar-refractivity contribution in [1.82, 2.24) is 4.57 Å². The molecule has 1 N–H and O–H groups in total. The minimum Gasteiger partial charge on any atom is -0.364 e. The first-order valence-corrected chi connectivity index (χ1v) is 6.37. The molecule has 0 spiro atoms. The van der Waals surface area contributed by atoms with E-state index in [-0.39, 0.29) is 27.6 Å². The summed E-state index contributed by atoms with van der Waals surface area (Å²) in [4.78, 5) is 22.2. The summed E-state index contributed by atoms with van der Waals surface area (Å²) >= 11 is 6.33. The van der Waals surface area contributed by atoms with Crippen LogP contribution in [0.1, 0.15) is 6.04 Å². The zero-order valence-corrected chi connectivity index (χ0v) is 11.1. The van der Waals surface area contributed by atoms with Crippen LogP contribution in [0.25, 0.3) is 0 Å². The summed E-state index contributed by atoms with van der Waals surface area (Å²) in [6.45, 7) is 0.512. The number of hydrogen-bond acceptors (Lipinski definition) is 4. The molecule has 2 heterocycles. The highest BCUT2D eigenvalue weighted by Crippen LogP contribution is 2.32. The standard InChI is InChI=1S/C8H7Br2N3O3/c9-2-4-3-11-7-6(13(15)16)1-5(10)8(14)12(4)7/h1,4,11H,2-3H2. The van der Waals surface area contributed by atoms with Crippen LogP contribution >= 0.6 is 31.9 Å².